The number of rotatable bonds is 4. The molecule has 0 aliphatic heterocycles. The Morgan fingerprint density at radius 3 is 2.85 bits per heavy atom. The lowest BCUT2D eigenvalue weighted by Gasteiger charge is -2.19. The van der Waals surface area contributed by atoms with Gasteiger partial charge in [-0.25, -0.2) is 9.78 Å². The number of aromatic nitrogens is 1. The van der Waals surface area contributed by atoms with Crippen LogP contribution in [0.5, 0.6) is 0 Å². The van der Waals surface area contributed by atoms with Gasteiger partial charge in [-0.1, -0.05) is 6.07 Å². The molecule has 0 bridgehead atoms. The molecule has 2 atom stereocenters. The smallest absolute Gasteiger partial charge is 0.407 e. The number of hydrogen-bond donors (Lipinski definition) is 2. The van der Waals surface area contributed by atoms with Crippen LogP contribution >= 0.6 is 15.9 Å². The molecule has 2 N–H and O–H groups in total. The zero-order valence-corrected chi connectivity index (χ0v) is 13.5. The predicted molar refractivity (Wildman–Crippen MR) is 80.3 cm³/mol. The number of ether oxygens (including phenoxy) is 1. The van der Waals surface area contributed by atoms with Crippen molar-refractivity contribution in [1.29, 1.82) is 0 Å². The molecule has 2 unspecified atom stereocenters. The fraction of sp³-hybridized carbons (Fsp3) is 0.571. The molecule has 20 heavy (non-hydrogen) atoms. The third-order valence-electron chi connectivity index (χ3n) is 2.81. The summed E-state index contributed by atoms with van der Waals surface area (Å²) >= 11 is 3.34. The van der Waals surface area contributed by atoms with E-state index in [4.69, 9.17) is 4.74 Å². The molecule has 1 amide bonds. The Morgan fingerprint density at radius 1 is 1.45 bits per heavy atom. The Kier molecular flexibility index (Phi) is 4.65. The van der Waals surface area contributed by atoms with E-state index in [2.05, 4.69) is 31.5 Å². The lowest BCUT2D eigenvalue weighted by Crippen LogP contribution is -2.36. The Labute approximate surface area is 127 Å². The number of carbonyl (C=O) groups excluding carboxylic acids is 1. The van der Waals surface area contributed by atoms with Gasteiger partial charge in [-0.15, -0.1) is 0 Å². The van der Waals surface area contributed by atoms with Gasteiger partial charge >= 0.3 is 6.09 Å². The van der Waals surface area contributed by atoms with Gasteiger partial charge in [0.15, 0.2) is 0 Å². The number of nitrogens with zero attached hydrogens (tertiary/aromatic N) is 1. The monoisotopic (exact) mass is 341 g/mol. The average Bonchev–Trinajstić information content (AvgIpc) is 3.02. The fourth-order valence-electron chi connectivity index (χ4n) is 1.82. The minimum Gasteiger partial charge on any atom is -0.444 e. The van der Waals surface area contributed by atoms with Gasteiger partial charge in [0.25, 0.3) is 0 Å². The highest BCUT2D eigenvalue weighted by Crippen LogP contribution is 2.22. The van der Waals surface area contributed by atoms with Crippen LogP contribution in [0.15, 0.2) is 22.8 Å². The van der Waals surface area contributed by atoms with Crippen molar-refractivity contribution in [1.82, 2.24) is 15.6 Å². The summed E-state index contributed by atoms with van der Waals surface area (Å²) in [6, 6.07) is 6.27. The summed E-state index contributed by atoms with van der Waals surface area (Å²) in [6.45, 7) is 6.26. The molecule has 0 radical (unpaired) electrons. The largest absolute Gasteiger partial charge is 0.444 e. The summed E-state index contributed by atoms with van der Waals surface area (Å²) in [5.74, 6) is 0. The third-order valence-corrected chi connectivity index (χ3v) is 3.25. The van der Waals surface area contributed by atoms with E-state index in [1.807, 2.05) is 39.0 Å². The summed E-state index contributed by atoms with van der Waals surface area (Å²) in [6.07, 6.45) is 0.570. The van der Waals surface area contributed by atoms with Crippen LogP contribution in [0.1, 0.15) is 32.9 Å². The molecule has 1 saturated carbocycles. The summed E-state index contributed by atoms with van der Waals surface area (Å²) in [7, 11) is 0. The van der Waals surface area contributed by atoms with Crippen LogP contribution in [0.25, 0.3) is 0 Å². The van der Waals surface area contributed by atoms with Crippen LogP contribution in [0.2, 0.25) is 0 Å². The third kappa shape index (κ3) is 5.09. The van der Waals surface area contributed by atoms with E-state index < -0.39 is 5.60 Å². The Bertz CT molecular complexity index is 488. The second kappa shape index (κ2) is 6.10. The number of alkyl carbamates (subject to hydrolysis) is 1. The quantitative estimate of drug-likeness (QED) is 0.826. The molecule has 0 spiro atoms. The lowest BCUT2D eigenvalue weighted by molar-refractivity contribution is 0.0522. The minimum absolute atomic E-state index is 0.150. The summed E-state index contributed by atoms with van der Waals surface area (Å²) in [5.41, 5.74) is 0.518. The van der Waals surface area contributed by atoms with Crippen molar-refractivity contribution in [3.63, 3.8) is 0 Å². The maximum absolute atomic E-state index is 11.6. The van der Waals surface area contributed by atoms with E-state index in [1.54, 1.807) is 0 Å². The highest BCUT2D eigenvalue weighted by molar-refractivity contribution is 9.10. The molecule has 1 heterocycles. The molecular formula is C14H20BrN3O2. The molecule has 5 nitrogen and oxygen atoms in total. The van der Waals surface area contributed by atoms with Gasteiger partial charge in [0, 0.05) is 18.6 Å². The normalized spacial score (nSPS) is 21.4. The van der Waals surface area contributed by atoms with Crippen molar-refractivity contribution >= 4 is 22.0 Å². The van der Waals surface area contributed by atoms with E-state index in [9.17, 15) is 4.79 Å². The Morgan fingerprint density at radius 2 is 2.20 bits per heavy atom. The molecule has 0 saturated heterocycles. The number of amides is 1. The van der Waals surface area contributed by atoms with Crippen LogP contribution in [-0.4, -0.2) is 28.8 Å². The zero-order chi connectivity index (χ0) is 14.8. The number of nitrogens with one attached hydrogen (secondary N) is 2. The molecule has 1 aromatic rings. The molecule has 1 aliphatic rings. The average molecular weight is 342 g/mol. The highest BCUT2D eigenvalue weighted by atomic mass is 79.9. The van der Waals surface area contributed by atoms with Crippen molar-refractivity contribution in [3.05, 3.63) is 28.5 Å². The first-order chi connectivity index (χ1) is 9.33. The molecule has 1 fully saturated rings. The van der Waals surface area contributed by atoms with E-state index in [-0.39, 0.29) is 12.1 Å². The maximum atomic E-state index is 11.6. The standard InChI is InChI=1S/C14H20BrN3O2/c1-14(2,3)20-13(19)18-11-7-10(11)16-8-9-5-4-6-12(15)17-9/h4-6,10-11,16H,7-8H2,1-3H3,(H,18,19). The fourth-order valence-corrected chi connectivity index (χ4v) is 2.20. The predicted octanol–water partition coefficient (Wildman–Crippen LogP) is 2.60. The van der Waals surface area contributed by atoms with E-state index in [0.29, 0.717) is 12.6 Å². The van der Waals surface area contributed by atoms with Crippen molar-refractivity contribution < 1.29 is 9.53 Å². The first-order valence-corrected chi connectivity index (χ1v) is 7.47. The van der Waals surface area contributed by atoms with Gasteiger partial charge in [0.05, 0.1) is 5.69 Å². The van der Waals surface area contributed by atoms with Gasteiger partial charge < -0.3 is 15.4 Å². The Hall–Kier alpha value is -1.14. The lowest BCUT2D eigenvalue weighted by atomic mass is 10.2. The number of pyridine rings is 1. The van der Waals surface area contributed by atoms with Crippen molar-refractivity contribution in [2.24, 2.45) is 0 Å². The first-order valence-electron chi connectivity index (χ1n) is 6.68. The highest BCUT2D eigenvalue weighted by Gasteiger charge is 2.38. The second-order valence-electron chi connectivity index (χ2n) is 5.93. The second-order valence-corrected chi connectivity index (χ2v) is 6.74. The van der Waals surface area contributed by atoms with Gasteiger partial charge in [-0.2, -0.15) is 0 Å². The van der Waals surface area contributed by atoms with Crippen molar-refractivity contribution in [2.75, 3.05) is 0 Å². The molecule has 0 aromatic carbocycles. The van der Waals surface area contributed by atoms with Gasteiger partial charge in [0.2, 0.25) is 0 Å². The van der Waals surface area contributed by atoms with Crippen LogP contribution in [0.4, 0.5) is 4.79 Å². The molecule has 110 valence electrons. The number of carbonyl (C=O) groups is 1. The summed E-state index contributed by atoms with van der Waals surface area (Å²) in [5, 5.41) is 6.22. The summed E-state index contributed by atoms with van der Waals surface area (Å²) in [4.78, 5) is 15.9. The zero-order valence-electron chi connectivity index (χ0n) is 11.9. The SMILES string of the molecule is CC(C)(C)OC(=O)NC1CC1NCc1cccc(Br)n1. The summed E-state index contributed by atoms with van der Waals surface area (Å²) < 4.78 is 6.05. The van der Waals surface area contributed by atoms with Crippen LogP contribution in [0.3, 0.4) is 0 Å². The number of halogens is 1. The number of hydrogen-bond acceptors (Lipinski definition) is 4. The molecule has 1 aromatic heterocycles. The van der Waals surface area contributed by atoms with Crippen molar-refractivity contribution in [3.8, 4) is 0 Å². The first kappa shape index (κ1) is 15.3. The van der Waals surface area contributed by atoms with Crippen LogP contribution < -0.4 is 10.6 Å². The van der Waals surface area contributed by atoms with Gasteiger partial charge in [-0.3, -0.25) is 0 Å². The molecule has 2 rings (SSSR count). The molecule has 1 aliphatic carbocycles. The Balaban J connectivity index is 1.69. The van der Waals surface area contributed by atoms with E-state index >= 15 is 0 Å². The molecule has 6 heteroatoms. The van der Waals surface area contributed by atoms with Crippen LogP contribution in [-0.2, 0) is 11.3 Å². The maximum Gasteiger partial charge on any atom is 0.407 e. The van der Waals surface area contributed by atoms with Gasteiger partial charge in [-0.05, 0) is 55.3 Å². The minimum atomic E-state index is -0.456. The van der Waals surface area contributed by atoms with E-state index in [0.717, 1.165) is 16.7 Å². The van der Waals surface area contributed by atoms with Crippen molar-refractivity contribution in [2.45, 2.75) is 51.4 Å². The molecular weight excluding hydrogens is 322 g/mol. The van der Waals surface area contributed by atoms with Gasteiger partial charge in [0.1, 0.15) is 10.2 Å². The topological polar surface area (TPSA) is 63.2 Å². The van der Waals surface area contributed by atoms with Crippen LogP contribution in [0, 0.1) is 0 Å². The van der Waals surface area contributed by atoms with E-state index in [1.165, 1.54) is 0 Å².